The average Bonchev–Trinajstić information content (AvgIpc) is 2.85. The number of rotatable bonds is 4. The van der Waals surface area contributed by atoms with Crippen molar-refractivity contribution in [2.45, 2.75) is 11.7 Å². The van der Waals surface area contributed by atoms with Gasteiger partial charge in [-0.25, -0.2) is 13.2 Å². The van der Waals surface area contributed by atoms with E-state index in [1.807, 2.05) is 0 Å². The van der Waals surface area contributed by atoms with Gasteiger partial charge in [-0.3, -0.25) is 0 Å². The third-order valence-corrected chi connectivity index (χ3v) is 3.93. The highest BCUT2D eigenvalue weighted by Crippen LogP contribution is 2.43. The lowest BCUT2D eigenvalue weighted by Gasteiger charge is -2.32. The zero-order valence-corrected chi connectivity index (χ0v) is 12.9. The van der Waals surface area contributed by atoms with Gasteiger partial charge in [-0.1, -0.05) is 18.2 Å². The zero-order chi connectivity index (χ0) is 17.5. The number of ether oxygens (including phenoxy) is 1. The second-order valence-electron chi connectivity index (χ2n) is 4.86. The largest absolute Gasteiger partial charge is 0.467 e. The summed E-state index contributed by atoms with van der Waals surface area (Å²) in [6.45, 7) is 0. The van der Waals surface area contributed by atoms with Crippen LogP contribution >= 0.6 is 0 Å². The lowest BCUT2D eigenvalue weighted by molar-refractivity contribution is -0.210. The van der Waals surface area contributed by atoms with Crippen LogP contribution in [0, 0.1) is 0 Å². The molecule has 1 aromatic carbocycles. The number of para-hydroxylation sites is 1. The van der Waals surface area contributed by atoms with Crippen molar-refractivity contribution in [3.05, 3.63) is 36.0 Å². The van der Waals surface area contributed by atoms with E-state index in [9.17, 15) is 26.4 Å². The van der Waals surface area contributed by atoms with Gasteiger partial charge in [-0.2, -0.15) is 17.9 Å². The normalized spacial score (nSPS) is 15.3. The molecule has 0 aliphatic carbocycles. The molecule has 126 valence electrons. The minimum Gasteiger partial charge on any atom is -0.467 e. The topological polar surface area (TPSA) is 88.3 Å². The van der Waals surface area contributed by atoms with Gasteiger partial charge >= 0.3 is 12.1 Å². The quantitative estimate of drug-likeness (QED) is 0.821. The molecule has 2 aromatic rings. The van der Waals surface area contributed by atoms with Crippen LogP contribution in [-0.4, -0.2) is 38.9 Å². The number of H-pyrrole nitrogens is 1. The van der Waals surface area contributed by atoms with E-state index < -0.39 is 33.3 Å². The number of alkyl halides is 3. The fourth-order valence-electron chi connectivity index (χ4n) is 2.35. The van der Waals surface area contributed by atoms with Gasteiger partial charge in [0.15, 0.2) is 0 Å². The molecule has 0 spiro atoms. The van der Waals surface area contributed by atoms with Crippen LogP contribution in [0.4, 0.5) is 13.2 Å². The molecule has 0 fully saturated rings. The van der Waals surface area contributed by atoms with Gasteiger partial charge < -0.3 is 9.72 Å². The van der Waals surface area contributed by atoms with Crippen LogP contribution in [0.3, 0.4) is 0 Å². The van der Waals surface area contributed by atoms with E-state index in [1.54, 1.807) is 6.07 Å². The highest BCUT2D eigenvalue weighted by atomic mass is 32.2. The molecule has 2 N–H and O–H groups in total. The van der Waals surface area contributed by atoms with Gasteiger partial charge in [0.05, 0.1) is 13.4 Å². The Labute approximate surface area is 129 Å². The first-order valence-electron chi connectivity index (χ1n) is 6.23. The molecule has 0 amide bonds. The summed E-state index contributed by atoms with van der Waals surface area (Å²) in [5.41, 5.74) is -3.82. The molecule has 0 radical (unpaired) electrons. The molecular formula is C13H13F3N2O4S. The summed E-state index contributed by atoms with van der Waals surface area (Å²) < 4.78 is 70.1. The molecule has 6 nitrogen and oxygen atoms in total. The molecule has 0 bridgehead atoms. The van der Waals surface area contributed by atoms with Crippen LogP contribution in [0.15, 0.2) is 30.5 Å². The predicted octanol–water partition coefficient (Wildman–Crippen LogP) is 1.65. The number of methoxy groups -OCH3 is 1. The molecule has 23 heavy (non-hydrogen) atoms. The lowest BCUT2D eigenvalue weighted by atomic mass is 9.90. The molecule has 10 heteroatoms. The third kappa shape index (κ3) is 2.91. The first kappa shape index (κ1) is 17.3. The number of carbonyl (C=O) groups excluding carboxylic acids is 1. The Bertz CT molecular complexity index is 844. The van der Waals surface area contributed by atoms with Crippen LogP contribution < -0.4 is 4.72 Å². The van der Waals surface area contributed by atoms with Gasteiger partial charge in [0.2, 0.25) is 10.0 Å². The third-order valence-electron chi connectivity index (χ3n) is 3.25. The van der Waals surface area contributed by atoms with Crippen LogP contribution in [0.2, 0.25) is 0 Å². The van der Waals surface area contributed by atoms with E-state index in [4.69, 9.17) is 0 Å². The predicted molar refractivity (Wildman–Crippen MR) is 76.0 cm³/mol. The van der Waals surface area contributed by atoms with E-state index in [1.165, 1.54) is 22.9 Å². The van der Waals surface area contributed by atoms with Crippen molar-refractivity contribution in [2.24, 2.45) is 0 Å². The number of aromatic nitrogens is 1. The number of aromatic amines is 1. The summed E-state index contributed by atoms with van der Waals surface area (Å²) in [6.07, 6.45) is -3.80. The molecule has 1 heterocycles. The maximum Gasteiger partial charge on any atom is 0.422 e. The molecule has 1 atom stereocenters. The van der Waals surface area contributed by atoms with Crippen LogP contribution in [0.25, 0.3) is 10.9 Å². The van der Waals surface area contributed by atoms with Crippen molar-refractivity contribution in [3.63, 3.8) is 0 Å². The highest BCUT2D eigenvalue weighted by Gasteiger charge is 2.65. The monoisotopic (exact) mass is 350 g/mol. The number of benzene rings is 1. The Morgan fingerprint density at radius 1 is 1.26 bits per heavy atom. The molecule has 0 aliphatic rings. The molecule has 0 aliphatic heterocycles. The number of esters is 1. The minimum atomic E-state index is -5.27. The number of nitrogens with one attached hydrogen (secondary N) is 2. The van der Waals surface area contributed by atoms with Crippen molar-refractivity contribution < 1.29 is 31.1 Å². The second-order valence-corrected chi connectivity index (χ2v) is 6.61. The number of hydrogen-bond acceptors (Lipinski definition) is 4. The lowest BCUT2D eigenvalue weighted by Crippen LogP contribution is -2.61. The Morgan fingerprint density at radius 3 is 2.39 bits per heavy atom. The molecule has 1 aromatic heterocycles. The zero-order valence-electron chi connectivity index (χ0n) is 12.1. The summed E-state index contributed by atoms with van der Waals surface area (Å²) in [7, 11) is -3.65. The summed E-state index contributed by atoms with van der Waals surface area (Å²) >= 11 is 0. The SMILES string of the molecule is COC(=O)C(NS(C)(=O)=O)(c1c[nH]c2ccccc12)C(F)(F)F. The fourth-order valence-corrected chi connectivity index (χ4v) is 3.21. The van der Waals surface area contributed by atoms with Gasteiger partial charge in [-0.05, 0) is 6.07 Å². The summed E-state index contributed by atoms with van der Waals surface area (Å²) in [4.78, 5) is 14.6. The Balaban J connectivity index is 2.87. The standard InChI is InChI=1S/C13H13F3N2O4S/c1-22-11(19)12(13(14,15)16,18-23(2,20)21)9-7-17-10-6-4-3-5-8(9)10/h3-7,17-18H,1-2H3. The van der Waals surface area contributed by atoms with Gasteiger partial charge in [0, 0.05) is 22.7 Å². The molecule has 0 saturated heterocycles. The van der Waals surface area contributed by atoms with Gasteiger partial charge in [0.1, 0.15) is 0 Å². The van der Waals surface area contributed by atoms with E-state index in [0.29, 0.717) is 11.8 Å². The van der Waals surface area contributed by atoms with Crippen molar-refractivity contribution in [1.29, 1.82) is 0 Å². The first-order valence-corrected chi connectivity index (χ1v) is 8.13. The van der Waals surface area contributed by atoms with E-state index in [2.05, 4.69) is 9.72 Å². The van der Waals surface area contributed by atoms with E-state index >= 15 is 0 Å². The summed E-state index contributed by atoms with van der Waals surface area (Å²) in [6, 6.07) is 5.89. The number of sulfonamides is 1. The average molecular weight is 350 g/mol. The minimum absolute atomic E-state index is 0.0476. The Morgan fingerprint density at radius 2 is 1.87 bits per heavy atom. The highest BCUT2D eigenvalue weighted by molar-refractivity contribution is 7.88. The Kier molecular flexibility index (Phi) is 4.16. The van der Waals surface area contributed by atoms with E-state index in [-0.39, 0.29) is 5.39 Å². The summed E-state index contributed by atoms with van der Waals surface area (Å²) in [5.74, 6) is -1.78. The fraction of sp³-hybridized carbons (Fsp3) is 0.308. The number of fused-ring (bicyclic) bond motifs is 1. The van der Waals surface area contributed by atoms with Gasteiger partial charge in [0.25, 0.3) is 5.54 Å². The first-order chi connectivity index (χ1) is 10.5. The number of halogens is 3. The van der Waals surface area contributed by atoms with Crippen LogP contribution in [-0.2, 0) is 25.1 Å². The smallest absolute Gasteiger partial charge is 0.422 e. The molecule has 1 unspecified atom stereocenters. The Hall–Kier alpha value is -2.07. The van der Waals surface area contributed by atoms with E-state index in [0.717, 1.165) is 13.3 Å². The van der Waals surface area contributed by atoms with Crippen molar-refractivity contribution in [1.82, 2.24) is 9.71 Å². The van der Waals surface area contributed by atoms with Crippen LogP contribution in [0.1, 0.15) is 5.56 Å². The maximum atomic E-state index is 13.8. The van der Waals surface area contributed by atoms with Gasteiger partial charge in [-0.15, -0.1) is 0 Å². The van der Waals surface area contributed by atoms with Crippen molar-refractivity contribution in [2.75, 3.05) is 13.4 Å². The second kappa shape index (κ2) is 5.53. The van der Waals surface area contributed by atoms with Crippen LogP contribution in [0.5, 0.6) is 0 Å². The molecule has 2 rings (SSSR count). The van der Waals surface area contributed by atoms with Crippen molar-refractivity contribution >= 4 is 26.9 Å². The maximum absolute atomic E-state index is 13.8. The summed E-state index contributed by atoms with van der Waals surface area (Å²) in [5, 5.41) is 0.0476. The molecular weight excluding hydrogens is 337 g/mol. The van der Waals surface area contributed by atoms with Crippen molar-refractivity contribution in [3.8, 4) is 0 Å². The number of carbonyl (C=O) groups is 1. The molecule has 0 saturated carbocycles. The number of hydrogen-bond donors (Lipinski definition) is 2.